The highest BCUT2D eigenvalue weighted by Gasteiger charge is 2.27. The lowest BCUT2D eigenvalue weighted by Gasteiger charge is -2.15. The van der Waals surface area contributed by atoms with Gasteiger partial charge in [0.1, 0.15) is 6.61 Å². The van der Waals surface area contributed by atoms with E-state index in [9.17, 15) is 18.0 Å². The number of aliphatic imine (C=N–C) groups is 1. The first-order valence-corrected chi connectivity index (χ1v) is 8.00. The number of benzene rings is 1. The molecule has 0 aliphatic carbocycles. The highest BCUT2D eigenvalue weighted by molar-refractivity contribution is 5.80. The van der Waals surface area contributed by atoms with Crippen molar-refractivity contribution < 1.29 is 27.4 Å². The summed E-state index contributed by atoms with van der Waals surface area (Å²) in [6.07, 6.45) is -4.32. The monoisotopic (exact) mass is 375 g/mol. The van der Waals surface area contributed by atoms with Gasteiger partial charge in [0.25, 0.3) is 0 Å². The molecule has 6 nitrogen and oxygen atoms in total. The van der Waals surface area contributed by atoms with Crippen molar-refractivity contribution in [2.45, 2.75) is 26.3 Å². The van der Waals surface area contributed by atoms with Gasteiger partial charge in [-0.1, -0.05) is 31.2 Å². The van der Waals surface area contributed by atoms with Crippen LogP contribution in [0.1, 0.15) is 18.1 Å². The highest BCUT2D eigenvalue weighted by Crippen LogP contribution is 2.15. The number of nitrogens with zero attached hydrogens (tertiary/aromatic N) is 1. The molecule has 0 fully saturated rings. The molecule has 9 heteroatoms. The van der Waals surface area contributed by atoms with Crippen LogP contribution in [0.4, 0.5) is 13.2 Å². The smallest absolute Gasteiger partial charge is 0.411 e. The second-order valence-electron chi connectivity index (χ2n) is 5.66. The maximum absolute atomic E-state index is 12.0. The van der Waals surface area contributed by atoms with Crippen LogP contribution >= 0.6 is 0 Å². The second-order valence-corrected chi connectivity index (χ2v) is 5.66. The summed E-state index contributed by atoms with van der Waals surface area (Å²) in [6, 6.07) is 7.01. The first-order chi connectivity index (χ1) is 12.2. The van der Waals surface area contributed by atoms with E-state index in [4.69, 9.17) is 0 Å². The molecule has 0 heterocycles. The number of rotatable bonds is 8. The van der Waals surface area contributed by atoms with Crippen molar-refractivity contribution in [3.05, 3.63) is 35.4 Å². The molecular formula is C17H24F3N3O3. The molecular weight excluding hydrogens is 351 g/mol. The third kappa shape index (κ3) is 8.70. The maximum atomic E-state index is 12.0. The Kier molecular flexibility index (Phi) is 8.91. The number of nitrogens with one attached hydrogen (secondary N) is 2. The summed E-state index contributed by atoms with van der Waals surface area (Å²) in [5.41, 5.74) is 1.58. The number of ether oxygens (including phenoxy) is 2. The number of esters is 1. The van der Waals surface area contributed by atoms with Crippen molar-refractivity contribution >= 4 is 11.9 Å². The van der Waals surface area contributed by atoms with Crippen LogP contribution < -0.4 is 10.6 Å². The average Bonchev–Trinajstić information content (AvgIpc) is 2.61. The van der Waals surface area contributed by atoms with E-state index in [2.05, 4.69) is 25.1 Å². The van der Waals surface area contributed by atoms with Crippen LogP contribution in [0.3, 0.4) is 0 Å². The molecule has 0 aromatic heterocycles. The van der Waals surface area contributed by atoms with Gasteiger partial charge in [0, 0.05) is 20.1 Å². The fourth-order valence-electron chi connectivity index (χ4n) is 1.98. The molecule has 1 aromatic carbocycles. The van der Waals surface area contributed by atoms with Crippen molar-refractivity contribution in [1.29, 1.82) is 0 Å². The normalized spacial score (nSPS) is 13.2. The minimum Gasteiger partial charge on any atom is -0.469 e. The predicted octanol–water partition coefficient (Wildman–Crippen LogP) is 2.24. The Morgan fingerprint density at radius 3 is 2.35 bits per heavy atom. The van der Waals surface area contributed by atoms with E-state index in [0.29, 0.717) is 24.6 Å². The Labute approximate surface area is 150 Å². The van der Waals surface area contributed by atoms with Crippen LogP contribution in [-0.4, -0.2) is 45.4 Å². The molecule has 0 amide bonds. The van der Waals surface area contributed by atoms with Crippen LogP contribution in [0.5, 0.6) is 0 Å². The van der Waals surface area contributed by atoms with Crippen molar-refractivity contribution in [3.63, 3.8) is 0 Å². The molecule has 1 aromatic rings. The van der Waals surface area contributed by atoms with Gasteiger partial charge in [-0.25, -0.2) is 0 Å². The van der Waals surface area contributed by atoms with Crippen molar-refractivity contribution in [2.24, 2.45) is 10.9 Å². The Morgan fingerprint density at radius 2 is 1.81 bits per heavy atom. The molecule has 26 heavy (non-hydrogen) atoms. The quantitative estimate of drug-likeness (QED) is 0.414. The van der Waals surface area contributed by atoms with Crippen LogP contribution in [0.25, 0.3) is 0 Å². The van der Waals surface area contributed by atoms with Crippen molar-refractivity contribution in [1.82, 2.24) is 10.6 Å². The van der Waals surface area contributed by atoms with Crippen LogP contribution in [-0.2, 0) is 27.4 Å². The van der Waals surface area contributed by atoms with Crippen molar-refractivity contribution in [2.75, 3.05) is 27.3 Å². The molecule has 1 atom stereocenters. The lowest BCUT2D eigenvalue weighted by molar-refractivity contribution is -0.176. The summed E-state index contributed by atoms with van der Waals surface area (Å²) in [6.45, 7) is 1.23. The summed E-state index contributed by atoms with van der Waals surface area (Å²) in [4.78, 5) is 15.4. The summed E-state index contributed by atoms with van der Waals surface area (Å²) in [7, 11) is 2.95. The average molecular weight is 375 g/mol. The zero-order valence-corrected chi connectivity index (χ0v) is 15.0. The Balaban J connectivity index is 2.40. The number of hydrogen-bond donors (Lipinski definition) is 2. The van der Waals surface area contributed by atoms with Gasteiger partial charge < -0.3 is 20.1 Å². The van der Waals surface area contributed by atoms with E-state index in [1.807, 2.05) is 0 Å². The molecule has 146 valence electrons. The minimum absolute atomic E-state index is 0.0954. The first kappa shape index (κ1) is 21.8. The number of carbonyl (C=O) groups is 1. The molecule has 0 aliphatic rings. The van der Waals surface area contributed by atoms with Gasteiger partial charge in [-0.2, -0.15) is 13.2 Å². The van der Waals surface area contributed by atoms with E-state index in [-0.39, 0.29) is 18.5 Å². The SMILES string of the molecule is CN=C(NCc1ccc(COCC(F)(F)F)cc1)NCC(C)C(=O)OC. The van der Waals surface area contributed by atoms with Gasteiger partial charge in [-0.15, -0.1) is 0 Å². The van der Waals surface area contributed by atoms with Gasteiger partial charge in [0.05, 0.1) is 19.6 Å². The number of hydrogen-bond acceptors (Lipinski definition) is 4. The zero-order valence-electron chi connectivity index (χ0n) is 15.0. The number of carbonyl (C=O) groups excluding carboxylic acids is 1. The van der Waals surface area contributed by atoms with Gasteiger partial charge in [0.15, 0.2) is 5.96 Å². The van der Waals surface area contributed by atoms with E-state index >= 15 is 0 Å². The second kappa shape index (κ2) is 10.6. The van der Waals surface area contributed by atoms with Gasteiger partial charge in [-0.3, -0.25) is 9.79 Å². The van der Waals surface area contributed by atoms with Crippen LogP contribution in [0.15, 0.2) is 29.3 Å². The molecule has 2 N–H and O–H groups in total. The molecule has 0 saturated carbocycles. The van der Waals surface area contributed by atoms with E-state index in [1.54, 1.807) is 38.2 Å². The van der Waals surface area contributed by atoms with E-state index in [1.165, 1.54) is 7.11 Å². The molecule has 1 rings (SSSR count). The number of halogens is 3. The Bertz CT molecular complexity index is 589. The standard InChI is InChI=1S/C17H24F3N3O3/c1-12(15(24)25-3)8-22-16(21-2)23-9-13-4-6-14(7-5-13)10-26-11-17(18,19)20/h4-7,12H,8-11H2,1-3H3,(H2,21,22,23). The molecule has 0 radical (unpaired) electrons. The summed E-state index contributed by atoms with van der Waals surface area (Å²) in [5, 5.41) is 6.11. The highest BCUT2D eigenvalue weighted by atomic mass is 19.4. The lowest BCUT2D eigenvalue weighted by Crippen LogP contribution is -2.40. The fraction of sp³-hybridized carbons (Fsp3) is 0.529. The number of guanidine groups is 1. The minimum atomic E-state index is -4.32. The van der Waals surface area contributed by atoms with Crippen molar-refractivity contribution in [3.8, 4) is 0 Å². The Hall–Kier alpha value is -2.29. The predicted molar refractivity (Wildman–Crippen MR) is 91.5 cm³/mol. The molecule has 1 unspecified atom stereocenters. The van der Waals surface area contributed by atoms with Gasteiger partial charge >= 0.3 is 12.1 Å². The largest absolute Gasteiger partial charge is 0.469 e. The summed E-state index contributed by atoms with van der Waals surface area (Å²) in [5.74, 6) is -0.0934. The fourth-order valence-corrected chi connectivity index (χ4v) is 1.98. The molecule has 0 aliphatic heterocycles. The third-order valence-corrected chi connectivity index (χ3v) is 3.42. The van der Waals surface area contributed by atoms with Gasteiger partial charge in [-0.05, 0) is 11.1 Å². The summed E-state index contributed by atoms with van der Waals surface area (Å²) >= 11 is 0. The summed E-state index contributed by atoms with van der Waals surface area (Å²) < 4.78 is 45.4. The van der Waals surface area contributed by atoms with E-state index in [0.717, 1.165) is 5.56 Å². The maximum Gasteiger partial charge on any atom is 0.411 e. The molecule has 0 bridgehead atoms. The van der Waals surface area contributed by atoms with Crippen LogP contribution in [0, 0.1) is 5.92 Å². The van der Waals surface area contributed by atoms with E-state index < -0.39 is 12.8 Å². The number of alkyl halides is 3. The lowest BCUT2D eigenvalue weighted by atomic mass is 10.1. The molecule has 0 spiro atoms. The zero-order chi connectivity index (χ0) is 19.6. The van der Waals surface area contributed by atoms with Crippen LogP contribution in [0.2, 0.25) is 0 Å². The number of methoxy groups -OCH3 is 1. The topological polar surface area (TPSA) is 72.0 Å². The third-order valence-electron chi connectivity index (χ3n) is 3.42. The molecule has 0 saturated heterocycles. The van der Waals surface area contributed by atoms with Gasteiger partial charge in [0.2, 0.25) is 0 Å². The Morgan fingerprint density at radius 1 is 1.19 bits per heavy atom. The first-order valence-electron chi connectivity index (χ1n) is 8.00.